The Bertz CT molecular complexity index is 258. The summed E-state index contributed by atoms with van der Waals surface area (Å²) in [7, 11) is 0. The highest BCUT2D eigenvalue weighted by molar-refractivity contribution is 7.99. The normalized spacial score (nSPS) is 28.7. The third kappa shape index (κ3) is 4.95. The highest BCUT2D eigenvalue weighted by atomic mass is 32.2. The van der Waals surface area contributed by atoms with Gasteiger partial charge in [0.1, 0.15) is 0 Å². The molecule has 0 aromatic rings. The fourth-order valence-electron chi connectivity index (χ4n) is 3.51. The van der Waals surface area contributed by atoms with Gasteiger partial charge in [-0.1, -0.05) is 20.8 Å². The molecule has 1 spiro atoms. The minimum atomic E-state index is 0.263. The molecule has 0 bridgehead atoms. The van der Waals surface area contributed by atoms with Crippen LogP contribution < -0.4 is 5.32 Å². The molecule has 3 heteroatoms. The van der Waals surface area contributed by atoms with E-state index in [2.05, 4.69) is 37.8 Å². The predicted octanol–water partition coefficient (Wildman–Crippen LogP) is 3.70. The molecule has 2 fully saturated rings. The van der Waals surface area contributed by atoms with E-state index < -0.39 is 0 Å². The summed E-state index contributed by atoms with van der Waals surface area (Å²) in [5, 5.41) is 3.57. The van der Waals surface area contributed by atoms with Crippen LogP contribution in [0.25, 0.3) is 0 Å². The van der Waals surface area contributed by atoms with Crippen LogP contribution in [0.5, 0.6) is 0 Å². The zero-order valence-corrected chi connectivity index (χ0v) is 13.7. The lowest BCUT2D eigenvalue weighted by atomic mass is 9.78. The second kappa shape index (κ2) is 7.33. The monoisotopic (exact) mass is 285 g/mol. The molecule has 19 heavy (non-hydrogen) atoms. The molecule has 2 rings (SSSR count). The maximum Gasteiger partial charge on any atom is 0.0700 e. The van der Waals surface area contributed by atoms with E-state index in [-0.39, 0.29) is 5.60 Å². The molecule has 112 valence electrons. The maximum atomic E-state index is 6.19. The Morgan fingerprint density at radius 1 is 1.26 bits per heavy atom. The minimum absolute atomic E-state index is 0.263. The standard InChI is InChI=1S/C16H31NOS/c1-13(2)17-12-14(3)10-15-4-7-18-16(11-15)5-8-19-9-6-16/h13-15,17H,4-12H2,1-3H3. The van der Waals surface area contributed by atoms with Crippen molar-refractivity contribution in [3.05, 3.63) is 0 Å². The predicted molar refractivity (Wildman–Crippen MR) is 84.9 cm³/mol. The van der Waals surface area contributed by atoms with Gasteiger partial charge in [-0.3, -0.25) is 0 Å². The van der Waals surface area contributed by atoms with Crippen molar-refractivity contribution in [2.45, 2.75) is 64.5 Å². The average Bonchev–Trinajstić information content (AvgIpc) is 2.37. The van der Waals surface area contributed by atoms with Crippen LogP contribution in [0.3, 0.4) is 0 Å². The highest BCUT2D eigenvalue weighted by Crippen LogP contribution is 2.41. The van der Waals surface area contributed by atoms with Gasteiger partial charge >= 0.3 is 0 Å². The molecule has 2 heterocycles. The number of hydrogen-bond donors (Lipinski definition) is 1. The van der Waals surface area contributed by atoms with Crippen LogP contribution in [0.2, 0.25) is 0 Å². The number of nitrogens with one attached hydrogen (secondary N) is 1. The van der Waals surface area contributed by atoms with Gasteiger partial charge in [0.15, 0.2) is 0 Å². The molecule has 2 atom stereocenters. The topological polar surface area (TPSA) is 21.3 Å². The summed E-state index contributed by atoms with van der Waals surface area (Å²) in [5.74, 6) is 4.29. The van der Waals surface area contributed by atoms with Crippen LogP contribution in [0, 0.1) is 11.8 Å². The fourth-order valence-corrected chi connectivity index (χ4v) is 4.75. The van der Waals surface area contributed by atoms with Gasteiger partial charge in [-0.25, -0.2) is 0 Å². The average molecular weight is 285 g/mol. The first-order chi connectivity index (χ1) is 9.10. The van der Waals surface area contributed by atoms with Crippen LogP contribution in [0.4, 0.5) is 0 Å². The molecule has 0 aromatic heterocycles. The van der Waals surface area contributed by atoms with E-state index >= 15 is 0 Å². The number of thioether (sulfide) groups is 1. The van der Waals surface area contributed by atoms with Crippen molar-refractivity contribution in [1.29, 1.82) is 0 Å². The van der Waals surface area contributed by atoms with Gasteiger partial charge in [-0.05, 0) is 62.0 Å². The van der Waals surface area contributed by atoms with Crippen LogP contribution in [0.15, 0.2) is 0 Å². The van der Waals surface area contributed by atoms with E-state index in [1.165, 1.54) is 43.6 Å². The van der Waals surface area contributed by atoms with Crippen molar-refractivity contribution in [2.75, 3.05) is 24.7 Å². The molecule has 0 aliphatic carbocycles. The fraction of sp³-hybridized carbons (Fsp3) is 1.00. The zero-order valence-electron chi connectivity index (χ0n) is 12.9. The van der Waals surface area contributed by atoms with E-state index in [0.29, 0.717) is 6.04 Å². The quantitative estimate of drug-likeness (QED) is 0.832. The van der Waals surface area contributed by atoms with E-state index in [1.807, 2.05) is 0 Å². The van der Waals surface area contributed by atoms with Gasteiger partial charge in [-0.2, -0.15) is 11.8 Å². The Balaban J connectivity index is 1.77. The van der Waals surface area contributed by atoms with E-state index in [4.69, 9.17) is 4.74 Å². The van der Waals surface area contributed by atoms with Crippen molar-refractivity contribution in [2.24, 2.45) is 11.8 Å². The molecule has 0 amide bonds. The lowest BCUT2D eigenvalue weighted by Gasteiger charge is -2.44. The smallest absolute Gasteiger partial charge is 0.0700 e. The van der Waals surface area contributed by atoms with Crippen LogP contribution >= 0.6 is 11.8 Å². The molecule has 2 aliphatic rings. The maximum absolute atomic E-state index is 6.19. The Hall–Kier alpha value is 0.270. The number of ether oxygens (including phenoxy) is 1. The first-order valence-corrected chi connectivity index (χ1v) is 9.20. The Morgan fingerprint density at radius 3 is 2.68 bits per heavy atom. The second-order valence-electron chi connectivity index (χ2n) is 6.91. The largest absolute Gasteiger partial charge is 0.375 e. The summed E-state index contributed by atoms with van der Waals surface area (Å²) < 4.78 is 6.19. The van der Waals surface area contributed by atoms with E-state index in [0.717, 1.165) is 25.0 Å². The molecule has 2 nitrogen and oxygen atoms in total. The SMILES string of the molecule is CC(CNC(C)C)CC1CCOC2(CCSCC2)C1. The summed E-state index contributed by atoms with van der Waals surface area (Å²) in [4.78, 5) is 0. The Morgan fingerprint density at radius 2 is 2.00 bits per heavy atom. The summed E-state index contributed by atoms with van der Waals surface area (Å²) in [6, 6.07) is 0.610. The molecule has 0 saturated carbocycles. The van der Waals surface area contributed by atoms with Crippen molar-refractivity contribution >= 4 is 11.8 Å². The van der Waals surface area contributed by atoms with Crippen LogP contribution in [-0.2, 0) is 4.74 Å². The zero-order chi connectivity index (χ0) is 13.7. The Kier molecular flexibility index (Phi) is 6.04. The van der Waals surface area contributed by atoms with Gasteiger partial charge in [0.25, 0.3) is 0 Å². The number of rotatable bonds is 5. The van der Waals surface area contributed by atoms with Crippen LogP contribution in [-0.4, -0.2) is 36.3 Å². The second-order valence-corrected chi connectivity index (χ2v) is 8.13. The van der Waals surface area contributed by atoms with Crippen molar-refractivity contribution in [3.8, 4) is 0 Å². The van der Waals surface area contributed by atoms with Gasteiger partial charge < -0.3 is 10.1 Å². The summed E-state index contributed by atoms with van der Waals surface area (Å²) in [5.41, 5.74) is 0.263. The third-order valence-electron chi connectivity index (χ3n) is 4.61. The van der Waals surface area contributed by atoms with Crippen molar-refractivity contribution in [1.82, 2.24) is 5.32 Å². The molecule has 1 N–H and O–H groups in total. The van der Waals surface area contributed by atoms with E-state index in [9.17, 15) is 0 Å². The third-order valence-corrected chi connectivity index (χ3v) is 5.59. The molecule has 2 aliphatic heterocycles. The summed E-state index contributed by atoms with van der Waals surface area (Å²) in [6.45, 7) is 9.03. The molecular weight excluding hydrogens is 254 g/mol. The first kappa shape index (κ1) is 15.7. The molecule has 0 radical (unpaired) electrons. The lowest BCUT2D eigenvalue weighted by molar-refractivity contribution is -0.104. The van der Waals surface area contributed by atoms with E-state index in [1.54, 1.807) is 0 Å². The molecule has 2 unspecified atom stereocenters. The lowest BCUT2D eigenvalue weighted by Crippen LogP contribution is -2.43. The van der Waals surface area contributed by atoms with Gasteiger partial charge in [0.2, 0.25) is 0 Å². The van der Waals surface area contributed by atoms with Gasteiger partial charge in [0.05, 0.1) is 5.60 Å². The van der Waals surface area contributed by atoms with Gasteiger partial charge in [0, 0.05) is 12.6 Å². The van der Waals surface area contributed by atoms with Crippen molar-refractivity contribution in [3.63, 3.8) is 0 Å². The molecule has 2 saturated heterocycles. The number of hydrogen-bond acceptors (Lipinski definition) is 3. The first-order valence-electron chi connectivity index (χ1n) is 8.05. The molecule has 0 aromatic carbocycles. The highest BCUT2D eigenvalue weighted by Gasteiger charge is 2.38. The Labute approximate surface area is 123 Å². The van der Waals surface area contributed by atoms with Gasteiger partial charge in [-0.15, -0.1) is 0 Å². The summed E-state index contributed by atoms with van der Waals surface area (Å²) in [6.07, 6.45) is 6.54. The minimum Gasteiger partial charge on any atom is -0.375 e. The summed E-state index contributed by atoms with van der Waals surface area (Å²) >= 11 is 2.10. The van der Waals surface area contributed by atoms with Crippen LogP contribution in [0.1, 0.15) is 52.9 Å². The molecular formula is C16H31NOS. The van der Waals surface area contributed by atoms with Crippen molar-refractivity contribution < 1.29 is 4.74 Å².